The lowest BCUT2D eigenvalue weighted by atomic mass is 9.88. The Morgan fingerprint density at radius 3 is 2.44 bits per heavy atom. The van der Waals surface area contributed by atoms with Crippen molar-refractivity contribution in [2.75, 3.05) is 14.2 Å². The van der Waals surface area contributed by atoms with Crippen molar-refractivity contribution in [1.29, 1.82) is 5.26 Å². The summed E-state index contributed by atoms with van der Waals surface area (Å²) in [6.07, 6.45) is 7.03. The fourth-order valence-corrected chi connectivity index (χ4v) is 5.02. The highest BCUT2D eigenvalue weighted by Crippen LogP contribution is 2.39. The van der Waals surface area contributed by atoms with Crippen LogP contribution >= 0.6 is 0 Å². The summed E-state index contributed by atoms with van der Waals surface area (Å²) in [5.41, 5.74) is 2.48. The maximum absolute atomic E-state index is 13.5. The second kappa shape index (κ2) is 11.8. The molecule has 0 bridgehead atoms. The van der Waals surface area contributed by atoms with Gasteiger partial charge in [0, 0.05) is 17.0 Å². The number of aromatic nitrogens is 2. The van der Waals surface area contributed by atoms with E-state index in [9.17, 15) is 10.1 Å². The van der Waals surface area contributed by atoms with E-state index in [0.717, 1.165) is 31.2 Å². The lowest BCUT2D eigenvalue weighted by Crippen LogP contribution is -2.25. The van der Waals surface area contributed by atoms with E-state index in [0.29, 0.717) is 45.1 Å². The van der Waals surface area contributed by atoms with Crippen LogP contribution in [0.1, 0.15) is 60.5 Å². The zero-order valence-corrected chi connectivity index (χ0v) is 22.1. The third-order valence-electron chi connectivity index (χ3n) is 7.06. The number of para-hydroxylation sites is 1. The van der Waals surface area contributed by atoms with E-state index in [4.69, 9.17) is 19.2 Å². The summed E-state index contributed by atoms with van der Waals surface area (Å²) in [6.45, 7) is 0.173. The number of hydrogen-bond acceptors (Lipinski definition) is 7. The highest BCUT2D eigenvalue weighted by atomic mass is 16.5. The van der Waals surface area contributed by atoms with Gasteiger partial charge in [0.05, 0.1) is 43.0 Å². The molecule has 0 radical (unpaired) electrons. The third kappa shape index (κ3) is 5.48. The number of ether oxygens (including phenoxy) is 3. The largest absolute Gasteiger partial charge is 0.493 e. The molecular weight excluding hydrogens is 492 g/mol. The predicted octanol–water partition coefficient (Wildman–Crippen LogP) is 5.79. The lowest BCUT2D eigenvalue weighted by Gasteiger charge is -2.22. The van der Waals surface area contributed by atoms with Crippen LogP contribution in [0.25, 0.3) is 10.9 Å². The molecule has 0 spiro atoms. The van der Waals surface area contributed by atoms with Gasteiger partial charge in [-0.25, -0.2) is 4.98 Å². The van der Waals surface area contributed by atoms with Crippen LogP contribution in [0.2, 0.25) is 0 Å². The van der Waals surface area contributed by atoms with Gasteiger partial charge in [-0.2, -0.15) is 15.0 Å². The maximum atomic E-state index is 13.5. The van der Waals surface area contributed by atoms with Gasteiger partial charge in [0.1, 0.15) is 12.4 Å². The Morgan fingerprint density at radius 2 is 1.72 bits per heavy atom. The van der Waals surface area contributed by atoms with Crippen molar-refractivity contribution < 1.29 is 14.2 Å². The van der Waals surface area contributed by atoms with Gasteiger partial charge >= 0.3 is 0 Å². The van der Waals surface area contributed by atoms with E-state index < -0.39 is 0 Å². The molecule has 0 atom stereocenters. The summed E-state index contributed by atoms with van der Waals surface area (Å²) in [5.74, 6) is 2.19. The van der Waals surface area contributed by atoms with Crippen molar-refractivity contribution in [3.63, 3.8) is 0 Å². The summed E-state index contributed by atoms with van der Waals surface area (Å²) in [5, 5.41) is 14.5. The van der Waals surface area contributed by atoms with Crippen LogP contribution < -0.4 is 19.8 Å². The molecule has 0 aliphatic heterocycles. The molecule has 0 N–H and O–H groups in total. The number of methoxy groups -OCH3 is 2. The first kappa shape index (κ1) is 26.0. The Morgan fingerprint density at radius 1 is 1.03 bits per heavy atom. The molecule has 3 aromatic carbocycles. The van der Waals surface area contributed by atoms with Gasteiger partial charge in [-0.05, 0) is 43.2 Å². The van der Waals surface area contributed by atoms with E-state index in [1.807, 2.05) is 36.4 Å². The Balaban J connectivity index is 1.51. The summed E-state index contributed by atoms with van der Waals surface area (Å²) in [4.78, 5) is 18.4. The predicted molar refractivity (Wildman–Crippen MR) is 150 cm³/mol. The van der Waals surface area contributed by atoms with Gasteiger partial charge in [-0.1, -0.05) is 49.6 Å². The monoisotopic (exact) mass is 522 g/mol. The number of benzene rings is 3. The smallest absolute Gasteiger partial charge is 0.282 e. The molecule has 1 aliphatic carbocycles. The van der Waals surface area contributed by atoms with E-state index in [1.165, 1.54) is 11.1 Å². The second-order valence-electron chi connectivity index (χ2n) is 9.50. The van der Waals surface area contributed by atoms with Gasteiger partial charge in [0.25, 0.3) is 5.56 Å². The van der Waals surface area contributed by atoms with Crippen LogP contribution in [0.4, 0.5) is 0 Å². The van der Waals surface area contributed by atoms with Crippen LogP contribution in [0, 0.1) is 11.3 Å². The molecule has 5 rings (SSSR count). The Labute approximate surface area is 227 Å². The number of hydrogen-bond donors (Lipinski definition) is 0. The first-order chi connectivity index (χ1) is 19.1. The van der Waals surface area contributed by atoms with Gasteiger partial charge < -0.3 is 14.2 Å². The van der Waals surface area contributed by atoms with E-state index in [2.05, 4.69) is 11.2 Å². The Kier molecular flexibility index (Phi) is 7.88. The highest BCUT2D eigenvalue weighted by Gasteiger charge is 2.22. The average Bonchev–Trinajstić information content (AvgIpc) is 2.99. The van der Waals surface area contributed by atoms with Crippen LogP contribution in [0.5, 0.6) is 17.2 Å². The standard InChI is InChI=1S/C31H30N4O4/c1-37-27-16-21(17-28(38-2)29(27)39-20-24-13-7-6-12-23(24)18-32)19-33-35-30(22-10-4-3-5-11-22)34-26-15-9-8-14-25(26)31(35)36/h6-9,12-17,19,22H,3-5,10-11,20H2,1-2H3. The molecule has 8 heteroatoms. The zero-order valence-electron chi connectivity index (χ0n) is 22.1. The summed E-state index contributed by atoms with van der Waals surface area (Å²) < 4.78 is 18.7. The van der Waals surface area contributed by atoms with E-state index in [1.54, 1.807) is 44.7 Å². The molecule has 39 heavy (non-hydrogen) atoms. The van der Waals surface area contributed by atoms with E-state index >= 15 is 0 Å². The molecule has 1 saturated carbocycles. The zero-order chi connectivity index (χ0) is 27.2. The molecule has 8 nitrogen and oxygen atoms in total. The fourth-order valence-electron chi connectivity index (χ4n) is 5.02. The summed E-state index contributed by atoms with van der Waals surface area (Å²) in [6, 6.07) is 20.4. The van der Waals surface area contributed by atoms with Crippen molar-refractivity contribution in [3.8, 4) is 23.3 Å². The molecule has 1 heterocycles. The number of rotatable bonds is 8. The minimum Gasteiger partial charge on any atom is -0.493 e. The fraction of sp³-hybridized carbons (Fsp3) is 0.290. The molecule has 0 saturated heterocycles. The molecule has 4 aromatic rings. The first-order valence-electron chi connectivity index (χ1n) is 13.1. The molecule has 0 amide bonds. The quantitative estimate of drug-likeness (QED) is 0.272. The maximum Gasteiger partial charge on any atom is 0.282 e. The van der Waals surface area contributed by atoms with Gasteiger partial charge in [0.15, 0.2) is 11.5 Å². The van der Waals surface area contributed by atoms with Crippen molar-refractivity contribution in [3.05, 3.63) is 93.5 Å². The van der Waals surface area contributed by atoms with Crippen LogP contribution in [0.3, 0.4) is 0 Å². The normalized spacial score (nSPS) is 13.9. The number of nitrogens with zero attached hydrogens (tertiary/aromatic N) is 4. The van der Waals surface area contributed by atoms with E-state index in [-0.39, 0.29) is 18.1 Å². The average molecular weight is 523 g/mol. The van der Waals surface area contributed by atoms with Gasteiger partial charge in [-0.15, -0.1) is 0 Å². The van der Waals surface area contributed by atoms with Crippen LogP contribution in [-0.4, -0.2) is 30.1 Å². The number of nitriles is 1. The molecule has 1 fully saturated rings. The Hall–Kier alpha value is -4.64. The van der Waals surface area contributed by atoms with Gasteiger partial charge in [-0.3, -0.25) is 4.79 Å². The highest BCUT2D eigenvalue weighted by molar-refractivity contribution is 5.83. The molecule has 198 valence electrons. The third-order valence-corrected chi connectivity index (χ3v) is 7.06. The first-order valence-corrected chi connectivity index (χ1v) is 13.1. The molecule has 1 aliphatic rings. The minimum atomic E-state index is -0.188. The van der Waals surface area contributed by atoms with Crippen molar-refractivity contribution in [2.45, 2.75) is 44.6 Å². The lowest BCUT2D eigenvalue weighted by molar-refractivity contribution is 0.265. The summed E-state index contributed by atoms with van der Waals surface area (Å²) in [7, 11) is 3.09. The van der Waals surface area contributed by atoms with Crippen molar-refractivity contribution in [2.24, 2.45) is 5.10 Å². The van der Waals surface area contributed by atoms with Crippen LogP contribution in [-0.2, 0) is 6.61 Å². The SMILES string of the molecule is COc1cc(C=Nn2c(C3CCCCC3)nc3ccccc3c2=O)cc(OC)c1OCc1ccccc1C#N. The number of fused-ring (bicyclic) bond motifs is 1. The minimum absolute atomic E-state index is 0.173. The van der Waals surface area contributed by atoms with Crippen molar-refractivity contribution in [1.82, 2.24) is 9.66 Å². The molecular formula is C31H30N4O4. The molecule has 0 unspecified atom stereocenters. The topological polar surface area (TPSA) is 98.7 Å². The second-order valence-corrected chi connectivity index (χ2v) is 9.50. The van der Waals surface area contributed by atoms with Crippen LogP contribution in [0.15, 0.2) is 70.6 Å². The Bertz CT molecular complexity index is 1590. The van der Waals surface area contributed by atoms with Gasteiger partial charge in [0.2, 0.25) is 5.75 Å². The van der Waals surface area contributed by atoms with Crippen molar-refractivity contribution >= 4 is 17.1 Å². The summed E-state index contributed by atoms with van der Waals surface area (Å²) >= 11 is 0. The molecule has 1 aromatic heterocycles.